The highest BCUT2D eigenvalue weighted by Crippen LogP contribution is 2.42. The highest BCUT2D eigenvalue weighted by molar-refractivity contribution is 5.92. The van der Waals surface area contributed by atoms with Crippen LogP contribution in [0.1, 0.15) is 94.5 Å². The van der Waals surface area contributed by atoms with Crippen molar-refractivity contribution in [2.24, 2.45) is 5.92 Å². The van der Waals surface area contributed by atoms with Gasteiger partial charge in [0.15, 0.2) is 12.1 Å². The standard InChI is InChI=1S/C28H36N6O5/c1-4-22(35)39-33-26(36)23-17(3)34(21-11-6-5-7-12-21)28(38-23)20-10-8-9-19(15-20)24-30-25(32-31-24)27(37)29-16(2)18-13-14-18/h8-10,15-16,18,21,28H,4-7,11-14H2,1-3H3,(H,29,37)(H,33,36)(H,30,31,32)/t16-,28?/m0/s1. The number of amides is 2. The van der Waals surface area contributed by atoms with Gasteiger partial charge in [-0.3, -0.25) is 14.7 Å². The summed E-state index contributed by atoms with van der Waals surface area (Å²) in [5, 5.41) is 10.0. The highest BCUT2D eigenvalue weighted by Gasteiger charge is 2.40. The summed E-state index contributed by atoms with van der Waals surface area (Å²) >= 11 is 0. The minimum absolute atomic E-state index is 0.104. The molecule has 0 saturated heterocycles. The predicted octanol–water partition coefficient (Wildman–Crippen LogP) is 3.88. The number of carbonyl (C=O) groups is 3. The molecule has 2 aromatic rings. The smallest absolute Gasteiger partial charge is 0.331 e. The number of ether oxygens (including phenoxy) is 1. The van der Waals surface area contributed by atoms with Crippen LogP contribution in [-0.4, -0.2) is 49.9 Å². The molecular formula is C28H36N6O5. The van der Waals surface area contributed by atoms with Crippen molar-refractivity contribution in [1.29, 1.82) is 0 Å². The summed E-state index contributed by atoms with van der Waals surface area (Å²) in [6.45, 7) is 5.52. The number of hydroxylamine groups is 1. The largest absolute Gasteiger partial charge is 0.459 e. The first-order valence-corrected chi connectivity index (χ1v) is 13.8. The number of aromatic amines is 1. The fourth-order valence-corrected chi connectivity index (χ4v) is 5.35. The lowest BCUT2D eigenvalue weighted by Gasteiger charge is -2.37. The minimum Gasteiger partial charge on any atom is -0.459 e. The monoisotopic (exact) mass is 536 g/mol. The van der Waals surface area contributed by atoms with Crippen LogP contribution in [0.4, 0.5) is 0 Å². The zero-order chi connectivity index (χ0) is 27.5. The molecule has 0 spiro atoms. The Balaban J connectivity index is 1.37. The van der Waals surface area contributed by atoms with Gasteiger partial charge in [-0.1, -0.05) is 44.4 Å². The summed E-state index contributed by atoms with van der Waals surface area (Å²) in [5.74, 6) is -0.172. The van der Waals surface area contributed by atoms with E-state index >= 15 is 0 Å². The maximum atomic E-state index is 12.9. The van der Waals surface area contributed by atoms with Crippen LogP contribution in [0.25, 0.3) is 11.4 Å². The van der Waals surface area contributed by atoms with E-state index in [-0.39, 0.29) is 36.0 Å². The van der Waals surface area contributed by atoms with Crippen molar-refractivity contribution in [3.8, 4) is 11.4 Å². The van der Waals surface area contributed by atoms with Crippen LogP contribution in [0.5, 0.6) is 0 Å². The molecule has 5 rings (SSSR count). The minimum atomic E-state index is -0.598. The molecule has 0 radical (unpaired) electrons. The van der Waals surface area contributed by atoms with Crippen LogP contribution in [0.2, 0.25) is 0 Å². The zero-order valence-electron chi connectivity index (χ0n) is 22.7. The lowest BCUT2D eigenvalue weighted by molar-refractivity contribution is -0.158. The Morgan fingerprint density at radius 3 is 2.64 bits per heavy atom. The van der Waals surface area contributed by atoms with Crippen LogP contribution in [-0.2, 0) is 19.2 Å². The molecule has 1 aromatic heterocycles. The number of H-pyrrole nitrogens is 1. The molecule has 11 heteroatoms. The molecule has 2 amide bonds. The van der Waals surface area contributed by atoms with E-state index in [2.05, 4.69) is 30.9 Å². The number of aromatic nitrogens is 3. The van der Waals surface area contributed by atoms with E-state index in [1.54, 1.807) is 6.92 Å². The van der Waals surface area contributed by atoms with Gasteiger partial charge in [0.05, 0.1) is 5.70 Å². The van der Waals surface area contributed by atoms with Gasteiger partial charge < -0.3 is 19.8 Å². The molecule has 3 N–H and O–H groups in total. The summed E-state index contributed by atoms with van der Waals surface area (Å²) in [4.78, 5) is 48.5. The summed E-state index contributed by atoms with van der Waals surface area (Å²) in [5.41, 5.74) is 4.46. The van der Waals surface area contributed by atoms with Crippen molar-refractivity contribution in [3.05, 3.63) is 47.1 Å². The molecule has 208 valence electrons. The molecule has 2 heterocycles. The molecule has 11 nitrogen and oxygen atoms in total. The quantitative estimate of drug-likeness (QED) is 0.432. The van der Waals surface area contributed by atoms with E-state index in [9.17, 15) is 14.4 Å². The van der Waals surface area contributed by atoms with Crippen LogP contribution < -0.4 is 10.8 Å². The summed E-state index contributed by atoms with van der Waals surface area (Å²) < 4.78 is 6.25. The maximum absolute atomic E-state index is 12.9. The number of allylic oxidation sites excluding steroid dienone is 1. The predicted molar refractivity (Wildman–Crippen MR) is 141 cm³/mol. The van der Waals surface area contributed by atoms with E-state index < -0.39 is 18.1 Å². The van der Waals surface area contributed by atoms with E-state index in [0.717, 1.165) is 49.7 Å². The molecule has 0 bridgehead atoms. The van der Waals surface area contributed by atoms with Crippen molar-refractivity contribution in [2.45, 2.75) is 90.4 Å². The number of nitrogens with zero attached hydrogens (tertiary/aromatic N) is 3. The normalized spacial score (nSPS) is 20.4. The van der Waals surface area contributed by atoms with E-state index in [0.29, 0.717) is 17.4 Å². The molecule has 3 aliphatic rings. The Bertz CT molecular complexity index is 1260. The SMILES string of the molecule is CCC(=O)ONC(=O)C1=C(C)N(C2CCCCC2)C(c2cccc(-c3n[nH]c(C(=O)N[C@@H](C)C4CC4)n3)c2)O1. The van der Waals surface area contributed by atoms with Crippen molar-refractivity contribution in [2.75, 3.05) is 0 Å². The molecule has 1 unspecified atom stereocenters. The molecule has 1 aromatic carbocycles. The third-order valence-electron chi connectivity index (χ3n) is 7.74. The second-order valence-electron chi connectivity index (χ2n) is 10.6. The van der Waals surface area contributed by atoms with Crippen molar-refractivity contribution in [1.82, 2.24) is 30.9 Å². The Hall–Kier alpha value is -3.89. The van der Waals surface area contributed by atoms with Crippen molar-refractivity contribution in [3.63, 3.8) is 0 Å². The van der Waals surface area contributed by atoms with E-state index in [1.807, 2.05) is 38.1 Å². The van der Waals surface area contributed by atoms with Gasteiger partial charge in [0.2, 0.25) is 11.6 Å². The van der Waals surface area contributed by atoms with Crippen LogP contribution >= 0.6 is 0 Å². The third-order valence-corrected chi connectivity index (χ3v) is 7.74. The number of rotatable bonds is 8. The molecule has 39 heavy (non-hydrogen) atoms. The fraction of sp³-hybridized carbons (Fsp3) is 0.536. The number of benzene rings is 1. The molecule has 2 atom stereocenters. The highest BCUT2D eigenvalue weighted by atomic mass is 16.7. The number of hydrogen-bond acceptors (Lipinski definition) is 8. The summed E-state index contributed by atoms with van der Waals surface area (Å²) in [7, 11) is 0. The number of hydrogen-bond donors (Lipinski definition) is 3. The lowest BCUT2D eigenvalue weighted by atomic mass is 9.93. The third kappa shape index (κ3) is 5.91. The summed E-state index contributed by atoms with van der Waals surface area (Å²) in [6.07, 6.45) is 7.27. The van der Waals surface area contributed by atoms with Crippen LogP contribution in [0.3, 0.4) is 0 Å². The van der Waals surface area contributed by atoms with Gasteiger partial charge in [0.25, 0.3) is 5.91 Å². The Morgan fingerprint density at radius 1 is 1.15 bits per heavy atom. The first-order chi connectivity index (χ1) is 18.9. The van der Waals surface area contributed by atoms with Gasteiger partial charge in [-0.15, -0.1) is 0 Å². The van der Waals surface area contributed by atoms with E-state index in [4.69, 9.17) is 9.57 Å². The molecule has 2 fully saturated rings. The zero-order valence-corrected chi connectivity index (χ0v) is 22.7. The Kier molecular flexibility index (Phi) is 7.85. The first-order valence-electron chi connectivity index (χ1n) is 13.8. The van der Waals surface area contributed by atoms with Crippen molar-refractivity contribution < 1.29 is 24.0 Å². The van der Waals surface area contributed by atoms with E-state index in [1.165, 1.54) is 6.42 Å². The Labute approximate surface area is 227 Å². The summed E-state index contributed by atoms with van der Waals surface area (Å²) in [6, 6.07) is 7.93. The van der Waals surface area contributed by atoms with Crippen molar-refractivity contribution >= 4 is 17.8 Å². The first kappa shape index (κ1) is 26.7. The average Bonchev–Trinajstić information content (AvgIpc) is 3.59. The second-order valence-corrected chi connectivity index (χ2v) is 10.6. The molecule has 2 saturated carbocycles. The van der Waals surface area contributed by atoms with Gasteiger partial charge in [-0.25, -0.2) is 9.78 Å². The maximum Gasteiger partial charge on any atom is 0.331 e. The molecule has 2 aliphatic carbocycles. The van der Waals surface area contributed by atoms with Crippen LogP contribution in [0, 0.1) is 5.92 Å². The Morgan fingerprint density at radius 2 is 1.92 bits per heavy atom. The molecular weight excluding hydrogens is 500 g/mol. The number of carbonyl (C=O) groups excluding carboxylic acids is 3. The lowest BCUT2D eigenvalue weighted by Crippen LogP contribution is -2.36. The average molecular weight is 537 g/mol. The van der Waals surface area contributed by atoms with Gasteiger partial charge in [-0.05, 0) is 51.5 Å². The van der Waals surface area contributed by atoms with Gasteiger partial charge >= 0.3 is 11.9 Å². The molecule has 1 aliphatic heterocycles. The second kappa shape index (κ2) is 11.5. The number of nitrogens with one attached hydrogen (secondary N) is 3. The van der Waals surface area contributed by atoms with Crippen LogP contribution in [0.15, 0.2) is 35.7 Å². The van der Waals surface area contributed by atoms with Gasteiger partial charge in [0.1, 0.15) is 0 Å². The van der Waals surface area contributed by atoms with Gasteiger partial charge in [0, 0.05) is 29.6 Å². The topological polar surface area (TPSA) is 139 Å². The fourth-order valence-electron chi connectivity index (χ4n) is 5.35. The van der Waals surface area contributed by atoms with Gasteiger partial charge in [-0.2, -0.15) is 10.6 Å².